The number of carboxylic acid groups (broad SMARTS) is 1. The van der Waals surface area contributed by atoms with Crippen LogP contribution in [-0.4, -0.2) is 23.7 Å². The Hall–Kier alpha value is -2.10. The van der Waals surface area contributed by atoms with Crippen LogP contribution in [0.25, 0.3) is 0 Å². The maximum Gasteiger partial charge on any atom is 0.334 e. The van der Waals surface area contributed by atoms with Crippen molar-refractivity contribution < 1.29 is 19.4 Å². The van der Waals surface area contributed by atoms with Gasteiger partial charge in [0.1, 0.15) is 0 Å². The molecule has 1 aromatic rings. The molecule has 0 aromatic heterocycles. The maximum absolute atomic E-state index is 11.5. The third kappa shape index (κ3) is 4.82. The molecular weight excluding hydrogens is 232 g/mol. The molecule has 0 radical (unpaired) electrons. The molecule has 0 aliphatic heterocycles. The van der Waals surface area contributed by atoms with E-state index in [1.165, 1.54) is 0 Å². The van der Waals surface area contributed by atoms with Gasteiger partial charge < -0.3 is 9.84 Å². The molecule has 0 unspecified atom stereocenters. The van der Waals surface area contributed by atoms with Crippen molar-refractivity contribution in [2.75, 3.05) is 6.61 Å². The molecule has 0 atom stereocenters. The number of hydrogen-bond donors (Lipinski definition) is 1. The molecular formula is C14H16O4. The lowest BCUT2D eigenvalue weighted by Gasteiger charge is -2.04. The highest BCUT2D eigenvalue weighted by Crippen LogP contribution is 2.08. The standard InChI is InChI=1S/C14H16O4/c1-2-18-14(17)12(10-13(15)16)9-8-11-6-4-3-5-7-11/h3-7,9H,2,8,10H2,1H3,(H,15,16). The summed E-state index contributed by atoms with van der Waals surface area (Å²) in [6.07, 6.45) is 1.81. The van der Waals surface area contributed by atoms with Crippen LogP contribution in [0.15, 0.2) is 42.0 Å². The maximum atomic E-state index is 11.5. The topological polar surface area (TPSA) is 63.6 Å². The second-order valence-corrected chi connectivity index (χ2v) is 3.71. The minimum absolute atomic E-state index is 0.188. The van der Waals surface area contributed by atoms with Crippen LogP contribution in [0.1, 0.15) is 18.9 Å². The second kappa shape index (κ2) is 7.27. The van der Waals surface area contributed by atoms with Gasteiger partial charge in [0.15, 0.2) is 0 Å². The van der Waals surface area contributed by atoms with E-state index in [1.54, 1.807) is 13.0 Å². The molecule has 0 fully saturated rings. The molecule has 0 saturated heterocycles. The van der Waals surface area contributed by atoms with Crippen molar-refractivity contribution in [3.05, 3.63) is 47.5 Å². The SMILES string of the molecule is CCOC(=O)C(=CCc1ccccc1)CC(=O)O. The van der Waals surface area contributed by atoms with Crippen molar-refractivity contribution in [3.63, 3.8) is 0 Å². The van der Waals surface area contributed by atoms with Crippen LogP contribution in [0.4, 0.5) is 0 Å². The summed E-state index contributed by atoms with van der Waals surface area (Å²) in [7, 11) is 0. The van der Waals surface area contributed by atoms with Crippen molar-refractivity contribution in [2.24, 2.45) is 0 Å². The lowest BCUT2D eigenvalue weighted by atomic mass is 10.1. The molecule has 18 heavy (non-hydrogen) atoms. The Bertz CT molecular complexity index is 434. The summed E-state index contributed by atoms with van der Waals surface area (Å²) >= 11 is 0. The first-order valence-electron chi connectivity index (χ1n) is 5.75. The fraction of sp³-hybridized carbons (Fsp3) is 0.286. The van der Waals surface area contributed by atoms with Gasteiger partial charge in [-0.3, -0.25) is 4.79 Å². The number of aliphatic carboxylic acids is 1. The summed E-state index contributed by atoms with van der Waals surface area (Å²) in [5, 5.41) is 8.75. The van der Waals surface area contributed by atoms with Crippen molar-refractivity contribution in [1.29, 1.82) is 0 Å². The Morgan fingerprint density at radius 3 is 2.50 bits per heavy atom. The number of carboxylic acids is 1. The van der Waals surface area contributed by atoms with Gasteiger partial charge in [0.2, 0.25) is 0 Å². The summed E-state index contributed by atoms with van der Waals surface area (Å²) in [6, 6.07) is 9.52. The average molecular weight is 248 g/mol. The van der Waals surface area contributed by atoms with Crippen molar-refractivity contribution in [2.45, 2.75) is 19.8 Å². The highest BCUT2D eigenvalue weighted by molar-refractivity contribution is 5.93. The number of rotatable bonds is 6. The molecule has 0 spiro atoms. The summed E-state index contributed by atoms with van der Waals surface area (Å²) in [4.78, 5) is 22.2. The zero-order chi connectivity index (χ0) is 13.4. The van der Waals surface area contributed by atoms with E-state index in [0.29, 0.717) is 6.42 Å². The predicted octanol–water partition coefficient (Wildman–Crippen LogP) is 2.19. The molecule has 1 rings (SSSR count). The molecule has 0 aliphatic rings. The van der Waals surface area contributed by atoms with E-state index < -0.39 is 11.9 Å². The van der Waals surface area contributed by atoms with Crippen molar-refractivity contribution in [1.82, 2.24) is 0 Å². The Morgan fingerprint density at radius 2 is 1.94 bits per heavy atom. The van der Waals surface area contributed by atoms with Gasteiger partial charge in [-0.2, -0.15) is 0 Å². The number of hydrogen-bond acceptors (Lipinski definition) is 3. The predicted molar refractivity (Wildman–Crippen MR) is 67.1 cm³/mol. The Balaban J connectivity index is 2.75. The Labute approximate surface area is 106 Å². The second-order valence-electron chi connectivity index (χ2n) is 3.71. The molecule has 1 N–H and O–H groups in total. The lowest BCUT2D eigenvalue weighted by Crippen LogP contribution is -2.11. The molecule has 4 nitrogen and oxygen atoms in total. The Kier molecular flexibility index (Phi) is 5.64. The zero-order valence-electron chi connectivity index (χ0n) is 10.3. The number of carbonyl (C=O) groups is 2. The third-order valence-corrected chi connectivity index (χ3v) is 2.31. The molecule has 1 aromatic carbocycles. The number of allylic oxidation sites excluding steroid dienone is 1. The fourth-order valence-corrected chi connectivity index (χ4v) is 1.47. The molecule has 4 heteroatoms. The van der Waals surface area contributed by atoms with Crippen LogP contribution >= 0.6 is 0 Å². The number of esters is 1. The molecule has 0 heterocycles. The Morgan fingerprint density at radius 1 is 1.28 bits per heavy atom. The summed E-state index contributed by atoms with van der Waals surface area (Å²) in [5.41, 5.74) is 1.21. The van der Waals surface area contributed by atoms with Crippen LogP contribution in [0.2, 0.25) is 0 Å². The fourth-order valence-electron chi connectivity index (χ4n) is 1.47. The smallest absolute Gasteiger partial charge is 0.334 e. The molecule has 0 saturated carbocycles. The van der Waals surface area contributed by atoms with Crippen LogP contribution in [-0.2, 0) is 20.7 Å². The molecule has 0 aliphatic carbocycles. The molecule has 96 valence electrons. The van der Waals surface area contributed by atoms with E-state index in [-0.39, 0.29) is 18.6 Å². The molecule has 0 amide bonds. The monoisotopic (exact) mass is 248 g/mol. The van der Waals surface area contributed by atoms with Gasteiger partial charge in [-0.05, 0) is 18.9 Å². The zero-order valence-corrected chi connectivity index (χ0v) is 10.3. The first-order chi connectivity index (χ1) is 8.63. The van der Waals surface area contributed by atoms with Gasteiger partial charge in [0, 0.05) is 5.57 Å². The number of ether oxygens (including phenoxy) is 1. The van der Waals surface area contributed by atoms with E-state index in [4.69, 9.17) is 9.84 Å². The summed E-state index contributed by atoms with van der Waals surface area (Å²) in [5.74, 6) is -1.60. The highest BCUT2D eigenvalue weighted by Gasteiger charge is 2.13. The van der Waals surface area contributed by atoms with Gasteiger partial charge in [-0.15, -0.1) is 0 Å². The van der Waals surface area contributed by atoms with Crippen LogP contribution < -0.4 is 0 Å². The van der Waals surface area contributed by atoms with Gasteiger partial charge in [-0.1, -0.05) is 36.4 Å². The highest BCUT2D eigenvalue weighted by atomic mass is 16.5. The van der Waals surface area contributed by atoms with E-state index in [2.05, 4.69) is 0 Å². The van der Waals surface area contributed by atoms with Crippen molar-refractivity contribution in [3.8, 4) is 0 Å². The van der Waals surface area contributed by atoms with E-state index in [9.17, 15) is 9.59 Å². The van der Waals surface area contributed by atoms with Crippen LogP contribution in [0.3, 0.4) is 0 Å². The number of carbonyl (C=O) groups excluding carboxylic acids is 1. The first-order valence-corrected chi connectivity index (χ1v) is 5.75. The minimum Gasteiger partial charge on any atom is -0.481 e. The quantitative estimate of drug-likeness (QED) is 0.619. The third-order valence-electron chi connectivity index (χ3n) is 2.31. The molecule has 0 bridgehead atoms. The van der Waals surface area contributed by atoms with Crippen LogP contribution in [0.5, 0.6) is 0 Å². The largest absolute Gasteiger partial charge is 0.481 e. The minimum atomic E-state index is -1.04. The van der Waals surface area contributed by atoms with Crippen LogP contribution in [0, 0.1) is 0 Å². The number of benzene rings is 1. The van der Waals surface area contributed by atoms with Gasteiger partial charge in [0.05, 0.1) is 13.0 Å². The normalized spacial score (nSPS) is 11.1. The van der Waals surface area contributed by atoms with Gasteiger partial charge >= 0.3 is 11.9 Å². The van der Waals surface area contributed by atoms with E-state index in [0.717, 1.165) is 5.56 Å². The van der Waals surface area contributed by atoms with Crippen molar-refractivity contribution >= 4 is 11.9 Å². The van der Waals surface area contributed by atoms with E-state index in [1.807, 2.05) is 30.3 Å². The lowest BCUT2D eigenvalue weighted by molar-refractivity contribution is -0.142. The van der Waals surface area contributed by atoms with E-state index >= 15 is 0 Å². The average Bonchev–Trinajstić information content (AvgIpc) is 2.35. The first kappa shape index (κ1) is 14.0. The summed E-state index contributed by atoms with van der Waals surface area (Å²) < 4.78 is 4.82. The van der Waals surface area contributed by atoms with Gasteiger partial charge in [0.25, 0.3) is 0 Å². The van der Waals surface area contributed by atoms with Gasteiger partial charge in [-0.25, -0.2) is 4.79 Å². The summed E-state index contributed by atoms with van der Waals surface area (Å²) in [6.45, 7) is 1.93.